The lowest BCUT2D eigenvalue weighted by atomic mass is 9.76. The first kappa shape index (κ1) is 24.8. The molecule has 2 unspecified atom stereocenters. The second-order valence-corrected chi connectivity index (χ2v) is 7.80. The van der Waals surface area contributed by atoms with E-state index in [0.717, 1.165) is 16.7 Å². The molecule has 2 N–H and O–H groups in total. The summed E-state index contributed by atoms with van der Waals surface area (Å²) in [7, 11) is 4.51. The molecule has 34 heavy (non-hydrogen) atoms. The van der Waals surface area contributed by atoms with Crippen molar-refractivity contribution >= 4 is 5.97 Å². The topological polar surface area (TPSA) is 94.5 Å². The largest absolute Gasteiger partial charge is 0.504 e. The predicted octanol–water partition coefficient (Wildman–Crippen LogP) is 4.91. The molecule has 7 heteroatoms. The van der Waals surface area contributed by atoms with E-state index in [2.05, 4.69) is 0 Å². The Hall–Kier alpha value is -3.87. The highest BCUT2D eigenvalue weighted by atomic mass is 16.5. The first-order valence-electron chi connectivity index (χ1n) is 10.9. The Balaban J connectivity index is 2.31. The number of aromatic hydroxyl groups is 2. The average Bonchev–Trinajstić information content (AvgIpc) is 2.84. The van der Waals surface area contributed by atoms with E-state index >= 15 is 0 Å². The lowest BCUT2D eigenvalue weighted by Gasteiger charge is -2.28. The molecular formula is C27H30O7. The summed E-state index contributed by atoms with van der Waals surface area (Å²) < 4.78 is 21.7. The predicted molar refractivity (Wildman–Crippen MR) is 128 cm³/mol. The monoisotopic (exact) mass is 466 g/mol. The highest BCUT2D eigenvalue weighted by Crippen LogP contribution is 2.44. The molecule has 0 bridgehead atoms. The van der Waals surface area contributed by atoms with Crippen LogP contribution in [0.2, 0.25) is 0 Å². The molecule has 180 valence electrons. The summed E-state index contributed by atoms with van der Waals surface area (Å²) in [6.07, 6.45) is 0. The first-order valence-corrected chi connectivity index (χ1v) is 10.9. The number of esters is 1. The van der Waals surface area contributed by atoms with Gasteiger partial charge in [0.15, 0.2) is 23.0 Å². The molecule has 3 rings (SSSR count). The maximum Gasteiger partial charge on any atom is 0.314 e. The van der Waals surface area contributed by atoms with Gasteiger partial charge in [-0.1, -0.05) is 24.3 Å². The number of ether oxygens (including phenoxy) is 4. The average molecular weight is 467 g/mol. The molecule has 0 saturated heterocycles. The van der Waals surface area contributed by atoms with Crippen LogP contribution in [0.5, 0.6) is 28.7 Å². The van der Waals surface area contributed by atoms with E-state index in [1.807, 2.05) is 25.1 Å². The van der Waals surface area contributed by atoms with Gasteiger partial charge in [-0.05, 0) is 66.4 Å². The molecule has 0 heterocycles. The van der Waals surface area contributed by atoms with Crippen LogP contribution in [0.1, 0.15) is 41.0 Å². The van der Waals surface area contributed by atoms with E-state index in [-0.39, 0.29) is 29.6 Å². The summed E-state index contributed by atoms with van der Waals surface area (Å²) in [5, 5.41) is 20.3. The Morgan fingerprint density at radius 2 is 1.24 bits per heavy atom. The van der Waals surface area contributed by atoms with Crippen LogP contribution in [0, 0.1) is 6.92 Å². The number of phenols is 2. The number of methoxy groups -OCH3 is 3. The van der Waals surface area contributed by atoms with Gasteiger partial charge < -0.3 is 29.2 Å². The molecule has 2 atom stereocenters. The zero-order chi connectivity index (χ0) is 24.8. The van der Waals surface area contributed by atoms with Gasteiger partial charge in [-0.15, -0.1) is 0 Å². The van der Waals surface area contributed by atoms with Gasteiger partial charge in [0.25, 0.3) is 0 Å². The fourth-order valence-electron chi connectivity index (χ4n) is 4.08. The third-order valence-corrected chi connectivity index (χ3v) is 5.79. The second kappa shape index (κ2) is 10.8. The summed E-state index contributed by atoms with van der Waals surface area (Å²) in [6.45, 7) is 3.89. The Morgan fingerprint density at radius 3 is 1.76 bits per heavy atom. The fraction of sp³-hybridized carbons (Fsp3) is 0.296. The van der Waals surface area contributed by atoms with Crippen molar-refractivity contribution in [2.75, 3.05) is 27.9 Å². The van der Waals surface area contributed by atoms with E-state index < -0.39 is 17.8 Å². The second-order valence-electron chi connectivity index (χ2n) is 7.80. The number of phenolic OH excluding ortho intramolecular Hbond substituents is 2. The third kappa shape index (κ3) is 5.03. The zero-order valence-corrected chi connectivity index (χ0v) is 20.0. The Kier molecular flexibility index (Phi) is 7.89. The van der Waals surface area contributed by atoms with Gasteiger partial charge in [0.2, 0.25) is 0 Å². The van der Waals surface area contributed by atoms with E-state index in [4.69, 9.17) is 18.9 Å². The molecule has 7 nitrogen and oxygen atoms in total. The standard InChI is InChI=1S/C27H30O7/c1-6-34-27(30)26(19-10-12-21(29)24(15-19)33-5)25(17-8-7-16(2)22(13-17)31-3)18-9-11-20(28)23(14-18)32-4/h7-15,25-26,28-29H,6H2,1-5H3. The summed E-state index contributed by atoms with van der Waals surface area (Å²) in [4.78, 5) is 13.4. The first-order chi connectivity index (χ1) is 16.3. The molecule has 0 aromatic heterocycles. The molecule has 0 radical (unpaired) electrons. The molecule has 0 fully saturated rings. The molecule has 3 aromatic rings. The van der Waals surface area contributed by atoms with Crippen LogP contribution in [0.3, 0.4) is 0 Å². The van der Waals surface area contributed by atoms with Crippen LogP contribution in [0.4, 0.5) is 0 Å². The lowest BCUT2D eigenvalue weighted by Crippen LogP contribution is -2.24. The summed E-state index contributed by atoms with van der Waals surface area (Å²) in [5.41, 5.74) is 3.09. The lowest BCUT2D eigenvalue weighted by molar-refractivity contribution is -0.145. The van der Waals surface area contributed by atoms with Crippen molar-refractivity contribution in [3.05, 3.63) is 76.9 Å². The zero-order valence-electron chi connectivity index (χ0n) is 20.0. The van der Waals surface area contributed by atoms with Crippen LogP contribution in [-0.4, -0.2) is 44.1 Å². The SMILES string of the molecule is CCOC(=O)C(c1ccc(O)c(OC)c1)C(c1ccc(C)c(OC)c1)c1ccc(O)c(OC)c1. The Labute approximate surface area is 199 Å². The number of aryl methyl sites for hydroxylation is 1. The van der Waals surface area contributed by atoms with Crippen molar-refractivity contribution in [2.24, 2.45) is 0 Å². The summed E-state index contributed by atoms with van der Waals surface area (Å²) >= 11 is 0. The highest BCUT2D eigenvalue weighted by molar-refractivity contribution is 5.81. The number of carbonyl (C=O) groups excluding carboxylic acids is 1. The number of rotatable bonds is 9. The van der Waals surface area contributed by atoms with E-state index in [1.165, 1.54) is 26.4 Å². The van der Waals surface area contributed by atoms with Crippen molar-refractivity contribution in [3.8, 4) is 28.7 Å². The Morgan fingerprint density at radius 1 is 0.765 bits per heavy atom. The van der Waals surface area contributed by atoms with E-state index in [9.17, 15) is 15.0 Å². The van der Waals surface area contributed by atoms with Crippen molar-refractivity contribution in [2.45, 2.75) is 25.7 Å². The number of carbonyl (C=O) groups is 1. The molecule has 0 spiro atoms. The Bertz CT molecular complexity index is 1100. The van der Waals surface area contributed by atoms with Gasteiger partial charge in [-0.2, -0.15) is 0 Å². The minimum absolute atomic E-state index is 0.00882. The molecule has 0 saturated carbocycles. The molecule has 3 aromatic carbocycles. The van der Waals surface area contributed by atoms with Crippen LogP contribution in [-0.2, 0) is 9.53 Å². The van der Waals surface area contributed by atoms with Gasteiger partial charge >= 0.3 is 5.97 Å². The van der Waals surface area contributed by atoms with Gasteiger partial charge in [-0.3, -0.25) is 4.79 Å². The third-order valence-electron chi connectivity index (χ3n) is 5.79. The number of hydrogen-bond acceptors (Lipinski definition) is 7. The maximum atomic E-state index is 13.4. The van der Waals surface area contributed by atoms with Crippen LogP contribution < -0.4 is 14.2 Å². The summed E-state index contributed by atoms with van der Waals surface area (Å²) in [5.74, 6) is -0.596. The van der Waals surface area contributed by atoms with Crippen molar-refractivity contribution < 1.29 is 34.0 Å². The van der Waals surface area contributed by atoms with Crippen LogP contribution in [0.25, 0.3) is 0 Å². The van der Waals surface area contributed by atoms with Gasteiger partial charge in [0.1, 0.15) is 5.75 Å². The normalized spacial score (nSPS) is 12.5. The molecule has 0 aliphatic heterocycles. The molecule has 0 aliphatic carbocycles. The smallest absolute Gasteiger partial charge is 0.314 e. The quantitative estimate of drug-likeness (QED) is 0.433. The van der Waals surface area contributed by atoms with Crippen LogP contribution in [0.15, 0.2) is 54.6 Å². The van der Waals surface area contributed by atoms with E-state index in [1.54, 1.807) is 38.3 Å². The van der Waals surface area contributed by atoms with Gasteiger partial charge in [0, 0.05) is 5.92 Å². The minimum atomic E-state index is -0.795. The van der Waals surface area contributed by atoms with Gasteiger partial charge in [-0.25, -0.2) is 0 Å². The molecular weight excluding hydrogens is 436 g/mol. The molecule has 0 amide bonds. The summed E-state index contributed by atoms with van der Waals surface area (Å²) in [6, 6.07) is 15.5. The molecule has 0 aliphatic rings. The van der Waals surface area contributed by atoms with E-state index in [0.29, 0.717) is 11.3 Å². The number of hydrogen-bond donors (Lipinski definition) is 2. The van der Waals surface area contributed by atoms with Crippen molar-refractivity contribution in [1.82, 2.24) is 0 Å². The van der Waals surface area contributed by atoms with Gasteiger partial charge in [0.05, 0.1) is 33.9 Å². The van der Waals surface area contributed by atoms with Crippen molar-refractivity contribution in [1.29, 1.82) is 0 Å². The number of benzene rings is 3. The maximum absolute atomic E-state index is 13.4. The highest BCUT2D eigenvalue weighted by Gasteiger charge is 2.35. The minimum Gasteiger partial charge on any atom is -0.504 e. The van der Waals surface area contributed by atoms with Crippen LogP contribution >= 0.6 is 0 Å². The fourth-order valence-corrected chi connectivity index (χ4v) is 4.08. The van der Waals surface area contributed by atoms with Crippen molar-refractivity contribution in [3.63, 3.8) is 0 Å².